The van der Waals surface area contributed by atoms with Crippen molar-refractivity contribution in [2.75, 3.05) is 26.7 Å². The van der Waals surface area contributed by atoms with E-state index in [1.807, 2.05) is 30.3 Å². The van der Waals surface area contributed by atoms with E-state index in [2.05, 4.69) is 5.32 Å². The summed E-state index contributed by atoms with van der Waals surface area (Å²) < 4.78 is 5.55. The van der Waals surface area contributed by atoms with Crippen molar-refractivity contribution in [3.05, 3.63) is 30.3 Å². The number of halogens is 1. The zero-order valence-corrected chi connectivity index (χ0v) is 12.3. The third-order valence-corrected chi connectivity index (χ3v) is 3.22. The van der Waals surface area contributed by atoms with Crippen LogP contribution in [0.15, 0.2) is 30.3 Å². The summed E-state index contributed by atoms with van der Waals surface area (Å²) in [5.41, 5.74) is 0. The molecule has 2 N–H and O–H groups in total. The third kappa shape index (κ3) is 4.67. The molecular formula is C14H21ClN2O3. The Kier molecular flexibility index (Phi) is 6.78. The van der Waals surface area contributed by atoms with Crippen LogP contribution < -0.4 is 10.1 Å². The molecule has 20 heavy (non-hydrogen) atoms. The fraction of sp³-hybridized carbons (Fsp3) is 0.500. The molecule has 0 radical (unpaired) electrons. The Labute approximate surface area is 125 Å². The predicted molar refractivity (Wildman–Crippen MR) is 79.2 cm³/mol. The molecule has 112 valence electrons. The molecular weight excluding hydrogens is 280 g/mol. The molecule has 0 bridgehead atoms. The summed E-state index contributed by atoms with van der Waals surface area (Å²) in [7, 11) is 1.75. The van der Waals surface area contributed by atoms with E-state index < -0.39 is 6.10 Å². The van der Waals surface area contributed by atoms with Crippen LogP contribution in [0.4, 0.5) is 0 Å². The van der Waals surface area contributed by atoms with Crippen molar-refractivity contribution in [1.82, 2.24) is 10.2 Å². The minimum Gasteiger partial charge on any atom is -0.492 e. The van der Waals surface area contributed by atoms with Gasteiger partial charge in [-0.3, -0.25) is 4.79 Å². The van der Waals surface area contributed by atoms with Crippen LogP contribution in [0.2, 0.25) is 0 Å². The first-order valence-corrected chi connectivity index (χ1v) is 6.51. The molecule has 0 saturated carbocycles. The highest BCUT2D eigenvalue weighted by atomic mass is 35.5. The number of nitrogens with zero attached hydrogens (tertiary/aromatic N) is 1. The maximum absolute atomic E-state index is 12.0. The first-order chi connectivity index (χ1) is 9.16. The maximum Gasteiger partial charge on any atom is 0.239 e. The molecule has 2 rings (SSSR count). The average Bonchev–Trinajstić information content (AvgIpc) is 2.85. The van der Waals surface area contributed by atoms with Crippen molar-refractivity contribution in [3.8, 4) is 5.75 Å². The topological polar surface area (TPSA) is 61.8 Å². The van der Waals surface area contributed by atoms with Gasteiger partial charge in [0.05, 0.1) is 18.7 Å². The molecule has 5 nitrogen and oxygen atoms in total. The number of rotatable bonds is 5. The Morgan fingerprint density at radius 2 is 2.15 bits per heavy atom. The van der Waals surface area contributed by atoms with Crippen molar-refractivity contribution in [2.45, 2.75) is 18.6 Å². The van der Waals surface area contributed by atoms with Gasteiger partial charge in [0.25, 0.3) is 0 Å². The molecule has 1 aromatic carbocycles. The highest BCUT2D eigenvalue weighted by Crippen LogP contribution is 2.10. The Balaban J connectivity index is 0.00000200. The molecule has 1 heterocycles. The molecule has 1 saturated heterocycles. The van der Waals surface area contributed by atoms with E-state index in [9.17, 15) is 9.90 Å². The zero-order valence-electron chi connectivity index (χ0n) is 11.5. The summed E-state index contributed by atoms with van der Waals surface area (Å²) in [5, 5.41) is 12.4. The smallest absolute Gasteiger partial charge is 0.239 e. The van der Waals surface area contributed by atoms with Gasteiger partial charge in [-0.1, -0.05) is 18.2 Å². The zero-order chi connectivity index (χ0) is 13.7. The van der Waals surface area contributed by atoms with Crippen LogP contribution in [0.25, 0.3) is 0 Å². The molecule has 1 aliphatic rings. The van der Waals surface area contributed by atoms with Crippen molar-refractivity contribution >= 4 is 18.3 Å². The third-order valence-electron chi connectivity index (χ3n) is 3.22. The number of carbonyl (C=O) groups excluding carboxylic acids is 1. The van der Waals surface area contributed by atoms with E-state index >= 15 is 0 Å². The Morgan fingerprint density at radius 1 is 1.45 bits per heavy atom. The number of aliphatic hydroxyl groups is 1. The molecule has 2 atom stereocenters. The molecule has 0 aliphatic carbocycles. The number of β-amino-alcohol motifs (C(OH)–C–C–N with tert-alkyl or cyclic N) is 1. The highest BCUT2D eigenvalue weighted by Gasteiger charge is 2.29. The largest absolute Gasteiger partial charge is 0.492 e. The van der Waals surface area contributed by atoms with Crippen LogP contribution in [0.1, 0.15) is 6.42 Å². The average molecular weight is 301 g/mol. The Morgan fingerprint density at radius 3 is 2.75 bits per heavy atom. The van der Waals surface area contributed by atoms with E-state index in [1.54, 1.807) is 11.9 Å². The minimum absolute atomic E-state index is 0. The van der Waals surface area contributed by atoms with Crippen LogP contribution in [0.3, 0.4) is 0 Å². The van der Waals surface area contributed by atoms with Crippen molar-refractivity contribution in [1.29, 1.82) is 0 Å². The standard InChI is InChI=1S/C14H20N2O3.ClH/c1-16(14(18)13-9-11(17)10-15-13)7-8-19-12-5-3-2-4-6-12;/h2-6,11,13,15,17H,7-10H2,1H3;1H. The van der Waals surface area contributed by atoms with Crippen molar-refractivity contribution < 1.29 is 14.6 Å². The second-order valence-electron chi connectivity index (χ2n) is 4.77. The lowest BCUT2D eigenvalue weighted by atomic mass is 10.2. The summed E-state index contributed by atoms with van der Waals surface area (Å²) in [6.45, 7) is 1.48. The number of hydrogen-bond acceptors (Lipinski definition) is 4. The molecule has 1 aromatic rings. The number of amides is 1. The SMILES string of the molecule is CN(CCOc1ccccc1)C(=O)C1CC(O)CN1.Cl. The second-order valence-corrected chi connectivity index (χ2v) is 4.77. The van der Waals surface area contributed by atoms with E-state index in [-0.39, 0.29) is 24.4 Å². The van der Waals surface area contributed by atoms with E-state index in [1.165, 1.54) is 0 Å². The second kappa shape index (κ2) is 8.09. The number of benzene rings is 1. The first-order valence-electron chi connectivity index (χ1n) is 6.51. The van der Waals surface area contributed by atoms with Crippen LogP contribution in [0.5, 0.6) is 5.75 Å². The number of likely N-dealkylation sites (N-methyl/N-ethyl adjacent to an activating group) is 1. The normalized spacial score (nSPS) is 21.1. The van der Waals surface area contributed by atoms with E-state index in [0.29, 0.717) is 26.1 Å². The lowest BCUT2D eigenvalue weighted by Crippen LogP contribution is -2.43. The van der Waals surface area contributed by atoms with E-state index in [0.717, 1.165) is 5.75 Å². The summed E-state index contributed by atoms with van der Waals surface area (Å²) in [4.78, 5) is 13.7. The highest BCUT2D eigenvalue weighted by molar-refractivity contribution is 5.85. The first kappa shape index (κ1) is 16.8. The van der Waals surface area contributed by atoms with Gasteiger partial charge in [-0.05, 0) is 18.6 Å². The molecule has 1 amide bonds. The Bertz CT molecular complexity index is 416. The molecule has 0 aromatic heterocycles. The molecule has 2 unspecified atom stereocenters. The Hall–Kier alpha value is -1.30. The summed E-state index contributed by atoms with van der Waals surface area (Å²) in [6, 6.07) is 9.26. The van der Waals surface area contributed by atoms with Crippen LogP contribution in [-0.4, -0.2) is 54.8 Å². The van der Waals surface area contributed by atoms with Crippen LogP contribution in [0, 0.1) is 0 Å². The molecule has 1 aliphatic heterocycles. The van der Waals surface area contributed by atoms with Gasteiger partial charge >= 0.3 is 0 Å². The van der Waals surface area contributed by atoms with Crippen molar-refractivity contribution in [3.63, 3.8) is 0 Å². The van der Waals surface area contributed by atoms with Gasteiger partial charge in [-0.2, -0.15) is 0 Å². The predicted octanol–water partition coefficient (Wildman–Crippen LogP) is 0.668. The van der Waals surface area contributed by atoms with Gasteiger partial charge in [0.2, 0.25) is 5.91 Å². The minimum atomic E-state index is -0.414. The quantitative estimate of drug-likeness (QED) is 0.839. The molecule has 1 fully saturated rings. The number of hydrogen-bond donors (Lipinski definition) is 2. The lowest BCUT2D eigenvalue weighted by molar-refractivity contribution is -0.132. The number of carbonyl (C=O) groups is 1. The van der Waals surface area contributed by atoms with Gasteiger partial charge in [0, 0.05) is 13.6 Å². The van der Waals surface area contributed by atoms with Crippen molar-refractivity contribution in [2.24, 2.45) is 0 Å². The lowest BCUT2D eigenvalue weighted by Gasteiger charge is -2.21. The number of nitrogens with one attached hydrogen (secondary N) is 1. The van der Waals surface area contributed by atoms with Gasteiger partial charge < -0.3 is 20.1 Å². The summed E-state index contributed by atoms with van der Waals surface area (Å²) in [6.07, 6.45) is 0.0748. The van der Waals surface area contributed by atoms with Crippen LogP contribution >= 0.6 is 12.4 Å². The number of para-hydroxylation sites is 1. The van der Waals surface area contributed by atoms with E-state index in [4.69, 9.17) is 4.74 Å². The number of ether oxygens (including phenoxy) is 1. The number of aliphatic hydroxyl groups excluding tert-OH is 1. The van der Waals surface area contributed by atoms with Gasteiger partial charge in [-0.25, -0.2) is 0 Å². The summed E-state index contributed by atoms with van der Waals surface area (Å²) >= 11 is 0. The fourth-order valence-electron chi connectivity index (χ4n) is 2.10. The van der Waals surface area contributed by atoms with Gasteiger partial charge in [-0.15, -0.1) is 12.4 Å². The molecule has 0 spiro atoms. The van der Waals surface area contributed by atoms with Crippen LogP contribution in [-0.2, 0) is 4.79 Å². The summed E-state index contributed by atoms with van der Waals surface area (Å²) in [5.74, 6) is 0.811. The monoisotopic (exact) mass is 300 g/mol. The maximum atomic E-state index is 12.0. The van der Waals surface area contributed by atoms with Gasteiger partial charge in [0.1, 0.15) is 12.4 Å². The fourth-order valence-corrected chi connectivity index (χ4v) is 2.10. The molecule has 6 heteroatoms. The van der Waals surface area contributed by atoms with Gasteiger partial charge in [0.15, 0.2) is 0 Å².